The monoisotopic (exact) mass is 325 g/mol. The maximum Gasteiger partial charge on any atom is 0.328 e. The van der Waals surface area contributed by atoms with Crippen molar-refractivity contribution in [3.8, 4) is 0 Å². The first kappa shape index (κ1) is 15.9. The fourth-order valence-electron chi connectivity index (χ4n) is 1.90. The number of aromatic nitrogens is 3. The van der Waals surface area contributed by atoms with E-state index in [-0.39, 0.29) is 0 Å². The molecule has 2 heterocycles. The summed E-state index contributed by atoms with van der Waals surface area (Å²) in [5.74, 6) is -0.410. The fraction of sp³-hybridized carbons (Fsp3) is 0.357. The molecule has 2 aromatic heterocycles. The number of hydrogen-bond donors (Lipinski definition) is 1. The number of carboxylic acids is 1. The lowest BCUT2D eigenvalue weighted by atomic mass is 10.3. The van der Waals surface area contributed by atoms with Gasteiger partial charge in [-0.3, -0.25) is 0 Å². The van der Waals surface area contributed by atoms with E-state index in [1.54, 1.807) is 18.6 Å². The van der Waals surface area contributed by atoms with Crippen LogP contribution in [0.1, 0.15) is 19.8 Å². The lowest BCUT2D eigenvalue weighted by Crippen LogP contribution is -1.98. The number of hydrogen-bond acceptors (Lipinski definition) is 4. The molecule has 0 aliphatic rings. The van der Waals surface area contributed by atoms with Crippen molar-refractivity contribution in [2.24, 2.45) is 0 Å². The molecule has 0 unspecified atom stereocenters. The van der Waals surface area contributed by atoms with Crippen LogP contribution >= 0.6 is 23.4 Å². The fourth-order valence-corrected chi connectivity index (χ4v) is 2.91. The number of carbonyl (C=O) groups is 1. The molecule has 112 valence electrons. The van der Waals surface area contributed by atoms with E-state index >= 15 is 0 Å². The molecule has 0 aromatic carbocycles. The molecule has 21 heavy (non-hydrogen) atoms. The minimum Gasteiger partial charge on any atom is -0.478 e. The Kier molecular flexibility index (Phi) is 5.64. The Hall–Kier alpha value is -1.53. The quantitative estimate of drug-likeness (QED) is 0.622. The highest BCUT2D eigenvalue weighted by atomic mass is 35.5. The van der Waals surface area contributed by atoms with Gasteiger partial charge in [0, 0.05) is 24.6 Å². The number of aryl methyl sites for hydroxylation is 1. The first-order chi connectivity index (χ1) is 10.1. The second kappa shape index (κ2) is 7.47. The number of unbranched alkanes of at least 4 members (excludes halogenated alkanes) is 1. The summed E-state index contributed by atoms with van der Waals surface area (Å²) in [5.41, 5.74) is 1.66. The maximum atomic E-state index is 10.5. The zero-order valence-corrected chi connectivity index (χ0v) is 13.2. The predicted molar refractivity (Wildman–Crippen MR) is 84.9 cm³/mol. The molecule has 2 rings (SSSR count). The Bertz CT molecular complexity index is 670. The summed E-state index contributed by atoms with van der Waals surface area (Å²) in [6.07, 6.45) is 8.25. The number of fused-ring (bicyclic) bond motifs is 1. The molecule has 0 aliphatic heterocycles. The van der Waals surface area contributed by atoms with Crippen molar-refractivity contribution < 1.29 is 9.90 Å². The molecule has 0 saturated carbocycles. The maximum absolute atomic E-state index is 10.5. The SMILES string of the molecule is CCCCn1cnc2c(Cl)cnc(SCC=CC(=O)O)c21. The second-order valence-corrected chi connectivity index (χ2v) is 5.87. The number of nitrogens with zero attached hydrogens (tertiary/aromatic N) is 3. The summed E-state index contributed by atoms with van der Waals surface area (Å²) in [4.78, 5) is 19.2. The molecule has 5 nitrogen and oxygen atoms in total. The molecule has 0 radical (unpaired) electrons. The van der Waals surface area contributed by atoms with Crippen molar-refractivity contribution in [3.05, 3.63) is 29.7 Å². The molecule has 2 aromatic rings. The summed E-state index contributed by atoms with van der Waals surface area (Å²) in [5, 5.41) is 9.93. The van der Waals surface area contributed by atoms with Crippen molar-refractivity contribution in [2.75, 3.05) is 5.75 Å². The number of aliphatic carboxylic acids is 1. The van der Waals surface area contributed by atoms with E-state index in [4.69, 9.17) is 16.7 Å². The summed E-state index contributed by atoms with van der Waals surface area (Å²) >= 11 is 7.61. The molecule has 0 spiro atoms. The summed E-state index contributed by atoms with van der Waals surface area (Å²) in [6, 6.07) is 0. The van der Waals surface area contributed by atoms with Crippen LogP contribution in [-0.2, 0) is 11.3 Å². The van der Waals surface area contributed by atoms with Crippen LogP contribution in [-0.4, -0.2) is 31.4 Å². The Labute approximate surface area is 132 Å². The van der Waals surface area contributed by atoms with Crippen LogP contribution in [0.4, 0.5) is 0 Å². The topological polar surface area (TPSA) is 68.0 Å². The molecule has 0 fully saturated rings. The van der Waals surface area contributed by atoms with Gasteiger partial charge in [-0.1, -0.05) is 31.0 Å². The van der Waals surface area contributed by atoms with E-state index in [1.807, 2.05) is 0 Å². The molecule has 0 amide bonds. The van der Waals surface area contributed by atoms with E-state index in [9.17, 15) is 4.79 Å². The summed E-state index contributed by atoms with van der Waals surface area (Å²) < 4.78 is 2.06. The van der Waals surface area contributed by atoms with Gasteiger partial charge in [0.15, 0.2) is 0 Å². The van der Waals surface area contributed by atoms with Gasteiger partial charge in [0.2, 0.25) is 0 Å². The van der Waals surface area contributed by atoms with Gasteiger partial charge < -0.3 is 9.67 Å². The highest BCUT2D eigenvalue weighted by Gasteiger charge is 2.12. The molecule has 1 N–H and O–H groups in total. The summed E-state index contributed by atoms with van der Waals surface area (Å²) in [6.45, 7) is 3.00. The molecule has 7 heteroatoms. The van der Waals surface area contributed by atoms with Gasteiger partial charge in [-0.05, 0) is 6.42 Å². The lowest BCUT2D eigenvalue weighted by Gasteiger charge is -2.07. The van der Waals surface area contributed by atoms with Gasteiger partial charge in [-0.2, -0.15) is 0 Å². The highest BCUT2D eigenvalue weighted by molar-refractivity contribution is 7.99. The third kappa shape index (κ3) is 3.98. The average molecular weight is 326 g/mol. The van der Waals surface area contributed by atoms with E-state index in [0.29, 0.717) is 10.8 Å². The lowest BCUT2D eigenvalue weighted by molar-refractivity contribution is -0.131. The van der Waals surface area contributed by atoms with Crippen molar-refractivity contribution in [1.82, 2.24) is 14.5 Å². The van der Waals surface area contributed by atoms with Gasteiger partial charge in [0.05, 0.1) is 11.3 Å². The Balaban J connectivity index is 2.27. The number of pyridine rings is 1. The van der Waals surface area contributed by atoms with Crippen LogP contribution in [0.2, 0.25) is 5.02 Å². The number of carboxylic acid groups (broad SMARTS) is 1. The van der Waals surface area contributed by atoms with Crippen molar-refractivity contribution >= 4 is 40.4 Å². The smallest absolute Gasteiger partial charge is 0.328 e. The van der Waals surface area contributed by atoms with Gasteiger partial charge in [0.1, 0.15) is 16.1 Å². The van der Waals surface area contributed by atoms with Gasteiger partial charge >= 0.3 is 5.97 Å². The van der Waals surface area contributed by atoms with Crippen LogP contribution in [0.3, 0.4) is 0 Å². The second-order valence-electron chi connectivity index (χ2n) is 4.45. The molecular weight excluding hydrogens is 310 g/mol. The van der Waals surface area contributed by atoms with Gasteiger partial charge in [-0.15, -0.1) is 11.8 Å². The number of imidazole rings is 1. The largest absolute Gasteiger partial charge is 0.478 e. The first-order valence-electron chi connectivity index (χ1n) is 6.65. The van der Waals surface area contributed by atoms with E-state index in [2.05, 4.69) is 21.5 Å². The standard InChI is InChI=1S/C14H16ClN3O2S/c1-2-3-6-18-9-17-12-10(15)8-16-14(13(12)18)21-7-4-5-11(19)20/h4-5,8-9H,2-3,6-7H2,1H3,(H,19,20). The molecule has 0 aliphatic carbocycles. The third-order valence-electron chi connectivity index (χ3n) is 2.89. The van der Waals surface area contributed by atoms with Crippen LogP contribution < -0.4 is 0 Å². The number of halogens is 1. The van der Waals surface area contributed by atoms with Crippen molar-refractivity contribution in [1.29, 1.82) is 0 Å². The zero-order valence-electron chi connectivity index (χ0n) is 11.6. The Morgan fingerprint density at radius 1 is 1.52 bits per heavy atom. The van der Waals surface area contributed by atoms with E-state index in [1.165, 1.54) is 11.8 Å². The zero-order chi connectivity index (χ0) is 15.2. The molecule has 0 bridgehead atoms. The molecule has 0 atom stereocenters. The molecular formula is C14H16ClN3O2S. The highest BCUT2D eigenvalue weighted by Crippen LogP contribution is 2.30. The summed E-state index contributed by atoms with van der Waals surface area (Å²) in [7, 11) is 0. The van der Waals surface area contributed by atoms with Crippen LogP contribution in [0, 0.1) is 0 Å². The Morgan fingerprint density at radius 3 is 3.05 bits per heavy atom. The minimum absolute atomic E-state index is 0.533. The van der Waals surface area contributed by atoms with Crippen LogP contribution in [0.15, 0.2) is 29.7 Å². The van der Waals surface area contributed by atoms with Crippen LogP contribution in [0.25, 0.3) is 11.0 Å². The third-order valence-corrected chi connectivity index (χ3v) is 4.10. The first-order valence-corrected chi connectivity index (χ1v) is 8.01. The van der Waals surface area contributed by atoms with Crippen molar-refractivity contribution in [2.45, 2.75) is 31.3 Å². The Morgan fingerprint density at radius 2 is 2.33 bits per heavy atom. The normalized spacial score (nSPS) is 11.5. The van der Waals surface area contributed by atoms with Gasteiger partial charge in [0.25, 0.3) is 0 Å². The number of rotatable bonds is 7. The van der Waals surface area contributed by atoms with E-state index in [0.717, 1.165) is 41.5 Å². The minimum atomic E-state index is -0.946. The van der Waals surface area contributed by atoms with Crippen molar-refractivity contribution in [3.63, 3.8) is 0 Å². The van der Waals surface area contributed by atoms with Gasteiger partial charge in [-0.25, -0.2) is 14.8 Å². The average Bonchev–Trinajstić information content (AvgIpc) is 2.88. The number of thioether (sulfide) groups is 1. The van der Waals surface area contributed by atoms with E-state index < -0.39 is 5.97 Å². The van der Waals surface area contributed by atoms with Crippen LogP contribution in [0.5, 0.6) is 0 Å². The predicted octanol–water partition coefficient (Wildman–Crippen LogP) is 3.62. The molecule has 0 saturated heterocycles.